The molecule has 6 heteroatoms. The van der Waals surface area contributed by atoms with Crippen molar-refractivity contribution in [2.75, 3.05) is 7.11 Å². The topological polar surface area (TPSA) is 64.6 Å². The Morgan fingerprint density at radius 1 is 1.19 bits per heavy atom. The zero-order chi connectivity index (χ0) is 18.9. The van der Waals surface area contributed by atoms with Crippen molar-refractivity contribution in [3.8, 4) is 5.75 Å². The predicted molar refractivity (Wildman–Crippen MR) is 95.8 cm³/mol. The lowest BCUT2D eigenvalue weighted by Gasteiger charge is -2.12. The third kappa shape index (κ3) is 5.73. The van der Waals surface area contributed by atoms with Crippen LogP contribution in [0.15, 0.2) is 54.6 Å². The second-order valence-corrected chi connectivity index (χ2v) is 5.51. The summed E-state index contributed by atoms with van der Waals surface area (Å²) in [6.07, 6.45) is 1.60. The predicted octanol–water partition coefficient (Wildman–Crippen LogP) is 3.10. The maximum absolute atomic E-state index is 13.6. The van der Waals surface area contributed by atoms with E-state index in [1.165, 1.54) is 32.2 Å². The van der Waals surface area contributed by atoms with Gasteiger partial charge in [0.15, 0.2) is 17.7 Å². The van der Waals surface area contributed by atoms with E-state index in [9.17, 15) is 14.0 Å². The van der Waals surface area contributed by atoms with Crippen LogP contribution in [0.2, 0.25) is 0 Å². The molecule has 136 valence electrons. The van der Waals surface area contributed by atoms with Gasteiger partial charge in [0, 0.05) is 12.6 Å². The lowest BCUT2D eigenvalue weighted by molar-refractivity contribution is -0.150. The number of rotatable bonds is 7. The Labute approximate surface area is 151 Å². The molecule has 5 nitrogen and oxygen atoms in total. The van der Waals surface area contributed by atoms with Crippen LogP contribution >= 0.6 is 0 Å². The number of amides is 1. The summed E-state index contributed by atoms with van der Waals surface area (Å²) in [4.78, 5) is 23.8. The van der Waals surface area contributed by atoms with Crippen molar-refractivity contribution in [2.24, 2.45) is 0 Å². The molecule has 2 aromatic rings. The van der Waals surface area contributed by atoms with Gasteiger partial charge in [-0.25, -0.2) is 9.18 Å². The van der Waals surface area contributed by atoms with Gasteiger partial charge in [-0.2, -0.15) is 0 Å². The quantitative estimate of drug-likeness (QED) is 0.611. The molecule has 0 saturated heterocycles. The molecule has 1 atom stereocenters. The summed E-state index contributed by atoms with van der Waals surface area (Å²) in [7, 11) is 1.37. The molecule has 0 aliphatic carbocycles. The Bertz CT molecular complexity index is 790. The number of carbonyl (C=O) groups is 2. The molecular weight excluding hydrogens is 337 g/mol. The minimum atomic E-state index is -0.941. The number of esters is 1. The van der Waals surface area contributed by atoms with Gasteiger partial charge in [-0.1, -0.05) is 36.4 Å². The first-order valence-electron chi connectivity index (χ1n) is 8.03. The molecule has 0 aromatic heterocycles. The van der Waals surface area contributed by atoms with Crippen LogP contribution in [0.3, 0.4) is 0 Å². The molecule has 0 saturated carbocycles. The summed E-state index contributed by atoms with van der Waals surface area (Å²) < 4.78 is 23.5. The number of hydrogen-bond acceptors (Lipinski definition) is 4. The molecule has 0 heterocycles. The average molecular weight is 357 g/mol. The normalized spacial score (nSPS) is 11.8. The molecule has 1 amide bonds. The van der Waals surface area contributed by atoms with Crippen LogP contribution in [0.4, 0.5) is 4.39 Å². The molecule has 0 unspecified atom stereocenters. The van der Waals surface area contributed by atoms with Crippen LogP contribution in [0.1, 0.15) is 18.1 Å². The van der Waals surface area contributed by atoms with Crippen LogP contribution in [0.5, 0.6) is 5.75 Å². The molecule has 0 spiro atoms. The van der Waals surface area contributed by atoms with Gasteiger partial charge in [0.25, 0.3) is 5.91 Å². The molecule has 2 rings (SSSR count). The highest BCUT2D eigenvalue weighted by molar-refractivity contribution is 5.90. The maximum Gasteiger partial charge on any atom is 0.331 e. The second kappa shape index (κ2) is 9.36. The van der Waals surface area contributed by atoms with Crippen LogP contribution < -0.4 is 10.1 Å². The monoisotopic (exact) mass is 357 g/mol. The molecule has 0 radical (unpaired) electrons. The molecule has 0 fully saturated rings. The van der Waals surface area contributed by atoms with Crippen LogP contribution in [-0.4, -0.2) is 25.1 Å². The van der Waals surface area contributed by atoms with Gasteiger partial charge in [-0.05, 0) is 36.3 Å². The Balaban J connectivity index is 1.84. The Hall–Kier alpha value is -3.15. The van der Waals surface area contributed by atoms with E-state index in [0.717, 1.165) is 11.6 Å². The molecule has 0 bridgehead atoms. The highest BCUT2D eigenvalue weighted by atomic mass is 19.1. The fourth-order valence-electron chi connectivity index (χ4n) is 2.15. The summed E-state index contributed by atoms with van der Waals surface area (Å²) in [5, 5.41) is 2.69. The van der Waals surface area contributed by atoms with Crippen molar-refractivity contribution in [3.63, 3.8) is 0 Å². The van der Waals surface area contributed by atoms with Gasteiger partial charge in [0.2, 0.25) is 0 Å². The number of hydrogen-bond donors (Lipinski definition) is 1. The smallest absolute Gasteiger partial charge is 0.331 e. The zero-order valence-electron chi connectivity index (χ0n) is 14.6. The number of carbonyl (C=O) groups excluding carboxylic acids is 2. The highest BCUT2D eigenvalue weighted by Crippen LogP contribution is 2.18. The third-order valence-corrected chi connectivity index (χ3v) is 3.56. The van der Waals surface area contributed by atoms with E-state index in [4.69, 9.17) is 9.47 Å². The van der Waals surface area contributed by atoms with E-state index in [0.29, 0.717) is 12.1 Å². The summed E-state index contributed by atoms with van der Waals surface area (Å²) in [6, 6.07) is 13.7. The van der Waals surface area contributed by atoms with Crippen molar-refractivity contribution in [1.82, 2.24) is 5.32 Å². The van der Waals surface area contributed by atoms with Crippen molar-refractivity contribution in [3.05, 3.63) is 71.6 Å². The summed E-state index contributed by atoms with van der Waals surface area (Å²) in [5.74, 6) is -1.50. The van der Waals surface area contributed by atoms with Gasteiger partial charge in [0.1, 0.15) is 0 Å². The number of benzene rings is 2. The highest BCUT2D eigenvalue weighted by Gasteiger charge is 2.16. The Morgan fingerprint density at radius 2 is 1.92 bits per heavy atom. The van der Waals surface area contributed by atoms with E-state index < -0.39 is 23.8 Å². The third-order valence-electron chi connectivity index (χ3n) is 3.56. The zero-order valence-corrected chi connectivity index (χ0v) is 14.6. The molecule has 0 aliphatic heterocycles. The van der Waals surface area contributed by atoms with E-state index in [2.05, 4.69) is 5.32 Å². The molecule has 1 N–H and O–H groups in total. The molecule has 26 heavy (non-hydrogen) atoms. The number of halogens is 1. The minimum Gasteiger partial charge on any atom is -0.494 e. The Morgan fingerprint density at radius 3 is 2.58 bits per heavy atom. The fourth-order valence-corrected chi connectivity index (χ4v) is 2.15. The first-order chi connectivity index (χ1) is 12.5. The lowest BCUT2D eigenvalue weighted by Crippen LogP contribution is -2.35. The van der Waals surface area contributed by atoms with Crippen molar-refractivity contribution >= 4 is 18.0 Å². The van der Waals surface area contributed by atoms with Gasteiger partial charge < -0.3 is 14.8 Å². The van der Waals surface area contributed by atoms with Gasteiger partial charge in [-0.3, -0.25) is 4.79 Å². The van der Waals surface area contributed by atoms with Crippen LogP contribution in [-0.2, 0) is 20.9 Å². The Kier molecular flexibility index (Phi) is 6.91. The van der Waals surface area contributed by atoms with Crippen molar-refractivity contribution in [2.45, 2.75) is 19.6 Å². The second-order valence-electron chi connectivity index (χ2n) is 5.51. The van der Waals surface area contributed by atoms with Crippen LogP contribution in [0.25, 0.3) is 6.08 Å². The van der Waals surface area contributed by atoms with E-state index in [-0.39, 0.29) is 5.75 Å². The number of nitrogens with one attached hydrogen (secondary N) is 1. The van der Waals surface area contributed by atoms with E-state index in [1.54, 1.807) is 6.07 Å². The molecule has 0 aliphatic rings. The van der Waals surface area contributed by atoms with Crippen LogP contribution in [0, 0.1) is 5.82 Å². The molecular formula is C20H20FNO4. The van der Waals surface area contributed by atoms with Crippen molar-refractivity contribution in [1.29, 1.82) is 0 Å². The number of ether oxygens (including phenoxy) is 2. The minimum absolute atomic E-state index is 0.119. The maximum atomic E-state index is 13.6. The molecule has 2 aromatic carbocycles. The van der Waals surface area contributed by atoms with E-state index in [1.807, 2.05) is 30.3 Å². The first-order valence-corrected chi connectivity index (χ1v) is 8.03. The lowest BCUT2D eigenvalue weighted by atomic mass is 10.2. The largest absolute Gasteiger partial charge is 0.494 e. The average Bonchev–Trinajstić information content (AvgIpc) is 2.65. The van der Waals surface area contributed by atoms with Gasteiger partial charge in [-0.15, -0.1) is 0 Å². The standard InChI is InChI=1S/C20H20FNO4/c1-14(20(24)22-13-16-6-4-3-5-7-16)26-19(23)11-9-15-8-10-18(25-2)17(21)12-15/h3-12,14H,13H2,1-2H3,(H,22,24)/b11-9+/t14-/m0/s1. The SMILES string of the molecule is COc1ccc(/C=C/C(=O)O[C@@H](C)C(=O)NCc2ccccc2)cc1F. The first kappa shape index (κ1) is 19.2. The summed E-state index contributed by atoms with van der Waals surface area (Å²) >= 11 is 0. The van der Waals surface area contributed by atoms with E-state index >= 15 is 0 Å². The van der Waals surface area contributed by atoms with Gasteiger partial charge in [0.05, 0.1) is 7.11 Å². The summed E-state index contributed by atoms with van der Waals surface area (Å²) in [6.45, 7) is 1.83. The summed E-state index contributed by atoms with van der Waals surface area (Å²) in [5.41, 5.74) is 1.42. The number of methoxy groups -OCH3 is 1. The fraction of sp³-hybridized carbons (Fsp3) is 0.200. The van der Waals surface area contributed by atoms with Gasteiger partial charge >= 0.3 is 5.97 Å². The van der Waals surface area contributed by atoms with Crippen molar-refractivity contribution < 1.29 is 23.5 Å².